The van der Waals surface area contributed by atoms with Crippen LogP contribution < -0.4 is 17.3 Å². The molecule has 0 aliphatic carbocycles. The zero-order valence-corrected chi connectivity index (χ0v) is 9.54. The maximum atomic E-state index is 2.37. The molecular formula is C10H22ClN. The van der Waals surface area contributed by atoms with Gasteiger partial charge in [-0.05, 0) is 11.3 Å². The molecule has 0 aromatic carbocycles. The van der Waals surface area contributed by atoms with Crippen LogP contribution in [0.1, 0.15) is 33.6 Å². The van der Waals surface area contributed by atoms with Crippen LogP contribution in [0.5, 0.6) is 0 Å². The fraction of sp³-hybridized carbons (Fsp3) is 1.00. The lowest BCUT2D eigenvalue weighted by atomic mass is 9.75. The van der Waals surface area contributed by atoms with Crippen molar-refractivity contribution in [2.75, 3.05) is 20.1 Å². The SMILES string of the molecule is C[NH+]1CCC(C(C)(C)C)CC1.[Cl-]. The van der Waals surface area contributed by atoms with Crippen molar-refractivity contribution in [3.05, 3.63) is 0 Å². The Hall–Kier alpha value is 0.250. The average Bonchev–Trinajstić information content (AvgIpc) is 1.86. The van der Waals surface area contributed by atoms with Crippen molar-refractivity contribution in [2.24, 2.45) is 11.3 Å². The Morgan fingerprint density at radius 3 is 1.83 bits per heavy atom. The molecule has 74 valence electrons. The van der Waals surface area contributed by atoms with Crippen LogP contribution in [0, 0.1) is 11.3 Å². The number of nitrogens with one attached hydrogen (secondary N) is 1. The maximum absolute atomic E-state index is 2.37. The van der Waals surface area contributed by atoms with Crippen LogP contribution in [0.15, 0.2) is 0 Å². The summed E-state index contributed by atoms with van der Waals surface area (Å²) < 4.78 is 0. The van der Waals surface area contributed by atoms with E-state index in [1.165, 1.54) is 25.9 Å². The molecule has 0 aromatic rings. The number of likely N-dealkylation sites (tertiary alicyclic amines) is 1. The Kier molecular flexibility index (Phi) is 4.57. The molecule has 1 aliphatic heterocycles. The summed E-state index contributed by atoms with van der Waals surface area (Å²) in [5.41, 5.74) is 0.542. The van der Waals surface area contributed by atoms with E-state index in [-0.39, 0.29) is 12.4 Å². The van der Waals surface area contributed by atoms with Gasteiger partial charge < -0.3 is 17.3 Å². The van der Waals surface area contributed by atoms with Crippen LogP contribution in [0.3, 0.4) is 0 Å². The lowest BCUT2D eigenvalue weighted by Crippen LogP contribution is -3.10. The smallest absolute Gasteiger partial charge is 0.0771 e. The van der Waals surface area contributed by atoms with Gasteiger partial charge in [-0.2, -0.15) is 0 Å². The fourth-order valence-electron chi connectivity index (χ4n) is 1.98. The highest BCUT2D eigenvalue weighted by Crippen LogP contribution is 2.31. The van der Waals surface area contributed by atoms with Crippen LogP contribution in [0.25, 0.3) is 0 Å². The van der Waals surface area contributed by atoms with E-state index in [2.05, 4.69) is 27.8 Å². The molecule has 12 heavy (non-hydrogen) atoms. The van der Waals surface area contributed by atoms with Crippen molar-refractivity contribution in [2.45, 2.75) is 33.6 Å². The average molecular weight is 192 g/mol. The number of hydrogen-bond acceptors (Lipinski definition) is 0. The van der Waals surface area contributed by atoms with Gasteiger partial charge in [0.1, 0.15) is 0 Å². The van der Waals surface area contributed by atoms with E-state index in [4.69, 9.17) is 0 Å². The standard InChI is InChI=1S/C10H21N.ClH/c1-10(2,3)9-5-7-11(4)8-6-9;/h9H,5-8H2,1-4H3;1H. The fourth-order valence-corrected chi connectivity index (χ4v) is 1.98. The van der Waals surface area contributed by atoms with Gasteiger partial charge in [-0.3, -0.25) is 0 Å². The molecule has 1 saturated heterocycles. The van der Waals surface area contributed by atoms with Gasteiger partial charge in [-0.15, -0.1) is 0 Å². The monoisotopic (exact) mass is 191 g/mol. The summed E-state index contributed by atoms with van der Waals surface area (Å²) in [6, 6.07) is 0. The van der Waals surface area contributed by atoms with Crippen LogP contribution in [0.2, 0.25) is 0 Å². The zero-order valence-electron chi connectivity index (χ0n) is 8.78. The molecule has 2 heteroatoms. The summed E-state index contributed by atoms with van der Waals surface area (Å²) in [7, 11) is 2.30. The lowest BCUT2D eigenvalue weighted by Gasteiger charge is -2.35. The summed E-state index contributed by atoms with van der Waals surface area (Å²) in [4.78, 5) is 1.71. The molecule has 0 amide bonds. The van der Waals surface area contributed by atoms with Crippen molar-refractivity contribution in [1.29, 1.82) is 0 Å². The molecule has 0 bridgehead atoms. The molecule has 0 spiro atoms. The first kappa shape index (κ1) is 12.2. The van der Waals surface area contributed by atoms with Crippen molar-refractivity contribution in [3.8, 4) is 0 Å². The number of hydrogen-bond donors (Lipinski definition) is 1. The Labute approximate surface area is 82.9 Å². The third-order valence-electron chi connectivity index (χ3n) is 3.06. The summed E-state index contributed by atoms with van der Waals surface area (Å²) in [5.74, 6) is 0.964. The van der Waals surface area contributed by atoms with Gasteiger partial charge in [0.05, 0.1) is 20.1 Å². The first-order chi connectivity index (χ1) is 5.00. The summed E-state index contributed by atoms with van der Waals surface area (Å²) >= 11 is 0. The van der Waals surface area contributed by atoms with E-state index < -0.39 is 0 Å². The highest BCUT2D eigenvalue weighted by Gasteiger charge is 2.29. The minimum absolute atomic E-state index is 0. The molecule has 1 rings (SSSR count). The van der Waals surface area contributed by atoms with Crippen molar-refractivity contribution >= 4 is 0 Å². The predicted octanol–water partition coefficient (Wildman–Crippen LogP) is -2.04. The molecule has 0 radical (unpaired) electrons. The first-order valence-electron chi connectivity index (χ1n) is 4.81. The Morgan fingerprint density at radius 1 is 1.08 bits per heavy atom. The number of quaternary nitrogens is 1. The third-order valence-corrected chi connectivity index (χ3v) is 3.06. The van der Waals surface area contributed by atoms with E-state index in [1.807, 2.05) is 0 Å². The van der Waals surface area contributed by atoms with Crippen molar-refractivity contribution < 1.29 is 17.3 Å². The molecular weight excluding hydrogens is 170 g/mol. The molecule has 1 aliphatic rings. The number of halogens is 1. The molecule has 1 heterocycles. The van der Waals surface area contributed by atoms with Crippen LogP contribution in [-0.4, -0.2) is 20.1 Å². The molecule has 0 atom stereocenters. The van der Waals surface area contributed by atoms with E-state index in [0.29, 0.717) is 5.41 Å². The maximum Gasteiger partial charge on any atom is 0.0771 e. The van der Waals surface area contributed by atoms with Gasteiger partial charge in [0.15, 0.2) is 0 Å². The molecule has 1 N–H and O–H groups in total. The minimum Gasteiger partial charge on any atom is -1.00 e. The summed E-state index contributed by atoms with van der Waals surface area (Å²) in [6.07, 6.45) is 2.85. The summed E-state index contributed by atoms with van der Waals surface area (Å²) in [6.45, 7) is 9.87. The molecule has 0 aromatic heterocycles. The van der Waals surface area contributed by atoms with Crippen molar-refractivity contribution in [3.63, 3.8) is 0 Å². The largest absolute Gasteiger partial charge is 1.00 e. The molecule has 1 fully saturated rings. The van der Waals surface area contributed by atoms with Gasteiger partial charge >= 0.3 is 0 Å². The third kappa shape index (κ3) is 3.32. The topological polar surface area (TPSA) is 4.44 Å². The number of piperidine rings is 1. The van der Waals surface area contributed by atoms with Crippen molar-refractivity contribution in [1.82, 2.24) is 0 Å². The molecule has 0 saturated carbocycles. The number of rotatable bonds is 0. The highest BCUT2D eigenvalue weighted by molar-refractivity contribution is 4.74. The lowest BCUT2D eigenvalue weighted by molar-refractivity contribution is -0.886. The van der Waals surface area contributed by atoms with Gasteiger partial charge in [0.25, 0.3) is 0 Å². The minimum atomic E-state index is 0. The zero-order chi connectivity index (χ0) is 8.48. The normalized spacial score (nSPS) is 31.0. The van der Waals surface area contributed by atoms with E-state index in [0.717, 1.165) is 5.92 Å². The Bertz CT molecular complexity index is 120. The van der Waals surface area contributed by atoms with Gasteiger partial charge in [0.2, 0.25) is 0 Å². The second-order valence-electron chi connectivity index (χ2n) is 5.10. The quantitative estimate of drug-likeness (QED) is 0.450. The van der Waals surface area contributed by atoms with Gasteiger partial charge in [-0.25, -0.2) is 0 Å². The second kappa shape index (κ2) is 4.48. The van der Waals surface area contributed by atoms with Crippen LogP contribution in [-0.2, 0) is 0 Å². The Morgan fingerprint density at radius 2 is 1.50 bits per heavy atom. The van der Waals surface area contributed by atoms with E-state index in [1.54, 1.807) is 4.90 Å². The first-order valence-corrected chi connectivity index (χ1v) is 4.81. The van der Waals surface area contributed by atoms with Crippen LogP contribution in [0.4, 0.5) is 0 Å². The van der Waals surface area contributed by atoms with Gasteiger partial charge in [0, 0.05) is 12.8 Å². The molecule has 0 unspecified atom stereocenters. The van der Waals surface area contributed by atoms with Gasteiger partial charge in [-0.1, -0.05) is 20.8 Å². The van der Waals surface area contributed by atoms with E-state index in [9.17, 15) is 0 Å². The van der Waals surface area contributed by atoms with Crippen LogP contribution >= 0.6 is 0 Å². The highest BCUT2D eigenvalue weighted by atomic mass is 35.5. The summed E-state index contributed by atoms with van der Waals surface area (Å²) in [5, 5.41) is 0. The molecule has 1 nitrogen and oxygen atoms in total. The predicted molar refractivity (Wildman–Crippen MR) is 48.8 cm³/mol. The second-order valence-corrected chi connectivity index (χ2v) is 5.10. The van der Waals surface area contributed by atoms with E-state index >= 15 is 0 Å². The Balaban J connectivity index is 0.00000121.